The van der Waals surface area contributed by atoms with Crippen molar-refractivity contribution in [3.63, 3.8) is 0 Å². The van der Waals surface area contributed by atoms with Gasteiger partial charge in [0.2, 0.25) is 5.91 Å². The van der Waals surface area contributed by atoms with E-state index in [2.05, 4.69) is 70.3 Å². The molecule has 0 aliphatic carbocycles. The van der Waals surface area contributed by atoms with Crippen LogP contribution in [0.3, 0.4) is 0 Å². The van der Waals surface area contributed by atoms with Gasteiger partial charge in [-0.3, -0.25) is 9.69 Å². The predicted molar refractivity (Wildman–Crippen MR) is 139 cm³/mol. The third kappa shape index (κ3) is 7.21. The summed E-state index contributed by atoms with van der Waals surface area (Å²) in [5.41, 5.74) is 2.58. The van der Waals surface area contributed by atoms with Crippen molar-refractivity contribution in [1.29, 1.82) is 0 Å². The average molecular weight is 465 g/mol. The smallest absolute Gasteiger partial charge is 0.222 e. The highest BCUT2D eigenvalue weighted by molar-refractivity contribution is 5.76. The first kappa shape index (κ1) is 24.6. The minimum absolute atomic E-state index is 0.292. The molecule has 2 aromatic carbocycles. The van der Waals surface area contributed by atoms with Gasteiger partial charge >= 0.3 is 0 Å². The average Bonchev–Trinajstić information content (AvgIpc) is 2.89. The van der Waals surface area contributed by atoms with Crippen LogP contribution in [-0.2, 0) is 11.2 Å². The van der Waals surface area contributed by atoms with Gasteiger partial charge in [-0.2, -0.15) is 0 Å². The molecule has 1 amide bonds. The normalized spacial score (nSPS) is 17.7. The van der Waals surface area contributed by atoms with Crippen LogP contribution in [0.4, 0.5) is 5.69 Å². The van der Waals surface area contributed by atoms with Crippen molar-refractivity contribution in [3.05, 3.63) is 60.2 Å². The summed E-state index contributed by atoms with van der Waals surface area (Å²) in [6.07, 6.45) is 3.48. The lowest BCUT2D eigenvalue weighted by Gasteiger charge is -2.35. The number of benzene rings is 2. The third-order valence-corrected chi connectivity index (χ3v) is 7.04. The Bertz CT molecular complexity index is 875. The molecule has 0 radical (unpaired) electrons. The maximum absolute atomic E-state index is 12.7. The summed E-state index contributed by atoms with van der Waals surface area (Å²) in [7, 11) is 2.17. The number of hydrogen-bond donors (Lipinski definition) is 0. The maximum atomic E-state index is 12.7. The molecule has 4 rings (SSSR count). The summed E-state index contributed by atoms with van der Waals surface area (Å²) < 4.78 is 6.14. The van der Waals surface area contributed by atoms with Gasteiger partial charge in [0.05, 0.1) is 12.3 Å². The zero-order valence-electron chi connectivity index (χ0n) is 20.7. The number of likely N-dealkylation sites (N-methyl/N-ethyl adjacent to an activating group) is 1. The van der Waals surface area contributed by atoms with Crippen molar-refractivity contribution in [3.8, 4) is 5.75 Å². The van der Waals surface area contributed by atoms with Gasteiger partial charge in [-0.25, -0.2) is 0 Å². The van der Waals surface area contributed by atoms with Gasteiger partial charge in [-0.05, 0) is 44.0 Å². The van der Waals surface area contributed by atoms with Crippen LogP contribution in [-0.4, -0.2) is 93.2 Å². The van der Waals surface area contributed by atoms with Crippen molar-refractivity contribution < 1.29 is 9.53 Å². The molecule has 184 valence electrons. The lowest BCUT2D eigenvalue weighted by molar-refractivity contribution is -0.133. The van der Waals surface area contributed by atoms with E-state index in [-0.39, 0.29) is 0 Å². The van der Waals surface area contributed by atoms with Crippen LogP contribution in [0.25, 0.3) is 0 Å². The molecule has 34 heavy (non-hydrogen) atoms. The van der Waals surface area contributed by atoms with Gasteiger partial charge < -0.3 is 19.4 Å². The Balaban J connectivity index is 1.11. The molecular formula is C28H40N4O2. The van der Waals surface area contributed by atoms with Gasteiger partial charge in [0.15, 0.2) is 0 Å². The standard InChI is InChI=1S/C28H40N4O2/c1-29-16-20-31(21-17-29)26-11-5-6-12-27(26)34-24-8-7-13-28(33)32-22-18-30(19-23-32)15-14-25-9-3-2-4-10-25/h2-6,9-12H,7-8,13-24H2,1H3. The SMILES string of the molecule is CN1CCN(c2ccccc2OCCCCC(=O)N2CCN(CCc3ccccc3)CC2)CC1. The molecular weight excluding hydrogens is 424 g/mol. The van der Waals surface area contributed by atoms with E-state index < -0.39 is 0 Å². The number of rotatable bonds is 10. The predicted octanol–water partition coefficient (Wildman–Crippen LogP) is 3.37. The largest absolute Gasteiger partial charge is 0.491 e. The van der Waals surface area contributed by atoms with E-state index >= 15 is 0 Å². The Morgan fingerprint density at radius 3 is 2.29 bits per heavy atom. The van der Waals surface area contributed by atoms with Gasteiger partial charge in [-0.1, -0.05) is 42.5 Å². The van der Waals surface area contributed by atoms with E-state index in [1.165, 1.54) is 11.3 Å². The molecule has 2 fully saturated rings. The number of unbranched alkanes of at least 4 members (excludes halogenated alkanes) is 1. The van der Waals surface area contributed by atoms with E-state index in [1.807, 2.05) is 11.0 Å². The number of amides is 1. The summed E-state index contributed by atoms with van der Waals surface area (Å²) in [4.78, 5) is 22.0. The molecule has 2 saturated heterocycles. The molecule has 6 heteroatoms. The lowest BCUT2D eigenvalue weighted by Crippen LogP contribution is -2.49. The Hall–Kier alpha value is -2.57. The first-order valence-corrected chi connectivity index (χ1v) is 12.9. The van der Waals surface area contributed by atoms with E-state index in [4.69, 9.17) is 4.74 Å². The van der Waals surface area contributed by atoms with E-state index in [9.17, 15) is 4.79 Å². The summed E-state index contributed by atoms with van der Waals surface area (Å²) in [6.45, 7) is 9.61. The van der Waals surface area contributed by atoms with Crippen molar-refractivity contribution in [2.24, 2.45) is 0 Å². The molecule has 2 heterocycles. The molecule has 0 spiro atoms. The Kier molecular flexibility index (Phi) is 9.22. The Morgan fingerprint density at radius 1 is 0.824 bits per heavy atom. The first-order valence-electron chi connectivity index (χ1n) is 12.9. The molecule has 0 saturated carbocycles. The second-order valence-corrected chi connectivity index (χ2v) is 9.52. The van der Waals surface area contributed by atoms with Gasteiger partial charge in [0.25, 0.3) is 0 Å². The number of nitrogens with zero attached hydrogens (tertiary/aromatic N) is 4. The minimum Gasteiger partial charge on any atom is -0.491 e. The van der Waals surface area contributed by atoms with Crippen molar-refractivity contribution >= 4 is 11.6 Å². The highest BCUT2D eigenvalue weighted by Crippen LogP contribution is 2.29. The quantitative estimate of drug-likeness (QED) is 0.504. The van der Waals surface area contributed by atoms with Crippen LogP contribution in [0, 0.1) is 0 Å². The Morgan fingerprint density at radius 2 is 1.53 bits per heavy atom. The molecule has 2 aromatic rings. The molecule has 2 aliphatic heterocycles. The number of anilines is 1. The summed E-state index contributed by atoms with van der Waals surface area (Å²) >= 11 is 0. The maximum Gasteiger partial charge on any atom is 0.222 e. The third-order valence-electron chi connectivity index (χ3n) is 7.04. The van der Waals surface area contributed by atoms with Crippen LogP contribution in [0.15, 0.2) is 54.6 Å². The van der Waals surface area contributed by atoms with E-state index in [0.29, 0.717) is 18.9 Å². The molecule has 0 bridgehead atoms. The fourth-order valence-corrected chi connectivity index (χ4v) is 4.76. The Labute approximate surface area is 205 Å². The topological polar surface area (TPSA) is 39.3 Å². The van der Waals surface area contributed by atoms with Gasteiger partial charge in [0.1, 0.15) is 5.75 Å². The van der Waals surface area contributed by atoms with Crippen LogP contribution in [0.5, 0.6) is 5.75 Å². The second kappa shape index (κ2) is 12.8. The second-order valence-electron chi connectivity index (χ2n) is 9.52. The van der Waals surface area contributed by atoms with Crippen LogP contribution < -0.4 is 9.64 Å². The highest BCUT2D eigenvalue weighted by atomic mass is 16.5. The first-order chi connectivity index (χ1) is 16.7. The van der Waals surface area contributed by atoms with Crippen molar-refractivity contribution in [2.75, 3.05) is 77.5 Å². The fourth-order valence-electron chi connectivity index (χ4n) is 4.76. The van der Waals surface area contributed by atoms with E-state index in [1.54, 1.807) is 0 Å². The highest BCUT2D eigenvalue weighted by Gasteiger charge is 2.21. The zero-order chi connectivity index (χ0) is 23.6. The lowest BCUT2D eigenvalue weighted by atomic mass is 10.1. The number of carbonyl (C=O) groups excluding carboxylic acids is 1. The number of piperazine rings is 2. The van der Waals surface area contributed by atoms with Crippen LogP contribution in [0.1, 0.15) is 24.8 Å². The minimum atomic E-state index is 0.292. The molecule has 6 nitrogen and oxygen atoms in total. The molecule has 2 aliphatic rings. The van der Waals surface area contributed by atoms with E-state index in [0.717, 1.165) is 83.9 Å². The number of carbonyl (C=O) groups is 1. The van der Waals surface area contributed by atoms with Gasteiger partial charge in [0, 0.05) is 65.3 Å². The number of para-hydroxylation sites is 2. The monoisotopic (exact) mass is 464 g/mol. The molecule has 0 N–H and O–H groups in total. The molecule has 0 atom stereocenters. The van der Waals surface area contributed by atoms with Crippen molar-refractivity contribution in [2.45, 2.75) is 25.7 Å². The zero-order valence-corrected chi connectivity index (χ0v) is 20.7. The number of ether oxygens (including phenoxy) is 1. The number of hydrogen-bond acceptors (Lipinski definition) is 5. The van der Waals surface area contributed by atoms with Gasteiger partial charge in [-0.15, -0.1) is 0 Å². The summed E-state index contributed by atoms with van der Waals surface area (Å²) in [5, 5.41) is 0. The molecule has 0 unspecified atom stereocenters. The van der Waals surface area contributed by atoms with Crippen LogP contribution >= 0.6 is 0 Å². The summed E-state index contributed by atoms with van der Waals surface area (Å²) in [6, 6.07) is 19.0. The van der Waals surface area contributed by atoms with Crippen molar-refractivity contribution in [1.82, 2.24) is 14.7 Å². The fraction of sp³-hybridized carbons (Fsp3) is 0.536. The summed E-state index contributed by atoms with van der Waals surface area (Å²) in [5.74, 6) is 1.26. The molecule has 0 aromatic heterocycles. The van der Waals surface area contributed by atoms with Crippen LogP contribution in [0.2, 0.25) is 0 Å².